The molecule has 0 bridgehead atoms. The average Bonchev–Trinajstić information content (AvgIpc) is 1.98. The molecule has 0 spiro atoms. The zero-order valence-electron chi connectivity index (χ0n) is 7.80. The van der Waals surface area contributed by atoms with Crippen LogP contribution < -0.4 is 0 Å². The Kier molecular flexibility index (Phi) is 3.01. The van der Waals surface area contributed by atoms with E-state index in [1.54, 1.807) is 6.92 Å². The zero-order valence-corrected chi connectivity index (χ0v) is 7.80. The third-order valence-electron chi connectivity index (χ3n) is 2.61. The van der Waals surface area contributed by atoms with Gasteiger partial charge in [-0.3, -0.25) is 4.79 Å². The van der Waals surface area contributed by atoms with Crippen molar-refractivity contribution in [2.45, 2.75) is 39.5 Å². The Morgan fingerprint density at radius 3 is 2.75 bits per heavy atom. The molecule has 0 heterocycles. The summed E-state index contributed by atoms with van der Waals surface area (Å²) < 4.78 is 0. The molecule has 0 amide bonds. The second-order valence-corrected chi connectivity index (χ2v) is 3.84. The Labute approximate surface area is 73.3 Å². The first-order valence-electron chi connectivity index (χ1n) is 4.64. The summed E-state index contributed by atoms with van der Waals surface area (Å²) in [7, 11) is 0. The van der Waals surface area contributed by atoms with Gasteiger partial charge in [-0.15, -0.1) is 0 Å². The maximum absolute atomic E-state index is 11.5. The van der Waals surface area contributed by atoms with E-state index in [1.807, 2.05) is 6.92 Å². The Balaban J connectivity index is 2.52. The van der Waals surface area contributed by atoms with E-state index in [1.165, 1.54) is 0 Å². The second-order valence-electron chi connectivity index (χ2n) is 3.84. The molecule has 2 atom stereocenters. The van der Waals surface area contributed by atoms with Crippen LogP contribution >= 0.6 is 0 Å². The summed E-state index contributed by atoms with van der Waals surface area (Å²) in [6.07, 6.45) is 3.49. The van der Waals surface area contributed by atoms with Gasteiger partial charge in [0.2, 0.25) is 0 Å². The van der Waals surface area contributed by atoms with Crippen LogP contribution in [0.15, 0.2) is 0 Å². The smallest absolute Gasteiger partial charge is 0.139 e. The van der Waals surface area contributed by atoms with E-state index in [4.69, 9.17) is 0 Å². The molecule has 0 aromatic heterocycles. The molecule has 0 aromatic rings. The number of hydrogen-bond donors (Lipinski definition) is 0. The van der Waals surface area contributed by atoms with E-state index in [0.29, 0.717) is 12.2 Å². The molecule has 0 radical (unpaired) electrons. The number of hydrogen-bond acceptors (Lipinski definition) is 2. The summed E-state index contributed by atoms with van der Waals surface area (Å²) >= 11 is 0. The maximum atomic E-state index is 11.5. The lowest BCUT2D eigenvalue weighted by atomic mass is 9.79. The summed E-state index contributed by atoms with van der Waals surface area (Å²) in [5.41, 5.74) is 0. The van der Waals surface area contributed by atoms with Crippen molar-refractivity contribution in [1.82, 2.24) is 0 Å². The van der Waals surface area contributed by atoms with Crippen molar-refractivity contribution >= 4 is 11.6 Å². The standard InChI is InChI=1S/C10H16O2/c1-7-4-3-5-9(10(7)12)6-8(2)11/h7,9H,3-6H2,1-2H3/t7-,9+/m0/s1. The second kappa shape index (κ2) is 3.83. The Morgan fingerprint density at radius 2 is 2.17 bits per heavy atom. The fraction of sp³-hybridized carbons (Fsp3) is 0.800. The molecule has 0 saturated heterocycles. The lowest BCUT2D eigenvalue weighted by Gasteiger charge is -2.24. The van der Waals surface area contributed by atoms with E-state index in [9.17, 15) is 9.59 Å². The van der Waals surface area contributed by atoms with Gasteiger partial charge < -0.3 is 4.79 Å². The summed E-state index contributed by atoms with van der Waals surface area (Å²) in [5.74, 6) is 0.660. The molecule has 68 valence electrons. The largest absolute Gasteiger partial charge is 0.300 e. The van der Waals surface area contributed by atoms with Crippen molar-refractivity contribution in [3.05, 3.63) is 0 Å². The average molecular weight is 168 g/mol. The van der Waals surface area contributed by atoms with E-state index in [2.05, 4.69) is 0 Å². The first kappa shape index (κ1) is 9.43. The van der Waals surface area contributed by atoms with Crippen LogP contribution in [0.1, 0.15) is 39.5 Å². The minimum atomic E-state index is 0.0336. The molecule has 1 aliphatic carbocycles. The molecular weight excluding hydrogens is 152 g/mol. The molecule has 1 rings (SSSR count). The summed E-state index contributed by atoms with van der Waals surface area (Å²) in [5, 5.41) is 0. The third kappa shape index (κ3) is 2.16. The van der Waals surface area contributed by atoms with Gasteiger partial charge in [0.05, 0.1) is 0 Å². The molecular formula is C10H16O2. The molecule has 0 aromatic carbocycles. The number of carbonyl (C=O) groups excluding carboxylic acids is 2. The SMILES string of the molecule is CC(=O)C[C@H]1CCC[C@H](C)C1=O. The molecule has 0 N–H and O–H groups in total. The summed E-state index contributed by atoms with van der Waals surface area (Å²) in [6, 6.07) is 0. The zero-order chi connectivity index (χ0) is 9.14. The van der Waals surface area contributed by atoms with Gasteiger partial charge in [-0.2, -0.15) is 0 Å². The van der Waals surface area contributed by atoms with Gasteiger partial charge in [0, 0.05) is 18.3 Å². The number of carbonyl (C=O) groups is 2. The highest BCUT2D eigenvalue weighted by atomic mass is 16.1. The van der Waals surface area contributed by atoms with Gasteiger partial charge in [0.25, 0.3) is 0 Å². The monoisotopic (exact) mass is 168 g/mol. The fourth-order valence-corrected chi connectivity index (χ4v) is 1.91. The van der Waals surface area contributed by atoms with E-state index < -0.39 is 0 Å². The van der Waals surface area contributed by atoms with Crippen LogP contribution in [0.3, 0.4) is 0 Å². The molecule has 12 heavy (non-hydrogen) atoms. The topological polar surface area (TPSA) is 34.1 Å². The van der Waals surface area contributed by atoms with Gasteiger partial charge in [-0.1, -0.05) is 13.3 Å². The Hall–Kier alpha value is -0.660. The lowest BCUT2D eigenvalue weighted by Crippen LogP contribution is -2.27. The quantitative estimate of drug-likeness (QED) is 0.631. The minimum absolute atomic E-state index is 0.0336. The maximum Gasteiger partial charge on any atom is 0.139 e. The van der Waals surface area contributed by atoms with Crippen LogP contribution in [0.5, 0.6) is 0 Å². The normalized spacial score (nSPS) is 30.3. The highest BCUT2D eigenvalue weighted by Gasteiger charge is 2.28. The predicted octanol–water partition coefficient (Wildman–Crippen LogP) is 1.97. The van der Waals surface area contributed by atoms with E-state index >= 15 is 0 Å². The van der Waals surface area contributed by atoms with E-state index in [-0.39, 0.29) is 17.6 Å². The van der Waals surface area contributed by atoms with Crippen molar-refractivity contribution in [3.8, 4) is 0 Å². The van der Waals surface area contributed by atoms with Crippen LogP contribution in [0.4, 0.5) is 0 Å². The van der Waals surface area contributed by atoms with Crippen molar-refractivity contribution in [3.63, 3.8) is 0 Å². The van der Waals surface area contributed by atoms with Gasteiger partial charge in [0.1, 0.15) is 11.6 Å². The van der Waals surface area contributed by atoms with Crippen molar-refractivity contribution in [2.75, 3.05) is 0 Å². The number of Topliss-reactive ketones (excluding diaryl/α,β-unsaturated/α-hetero) is 2. The molecule has 1 aliphatic rings. The van der Waals surface area contributed by atoms with Gasteiger partial charge in [-0.25, -0.2) is 0 Å². The number of rotatable bonds is 2. The van der Waals surface area contributed by atoms with Gasteiger partial charge in [-0.05, 0) is 19.8 Å². The third-order valence-corrected chi connectivity index (χ3v) is 2.61. The summed E-state index contributed by atoms with van der Waals surface area (Å²) in [4.78, 5) is 22.3. The Bertz CT molecular complexity index is 196. The predicted molar refractivity (Wildman–Crippen MR) is 46.8 cm³/mol. The molecule has 1 saturated carbocycles. The van der Waals surface area contributed by atoms with Crippen LogP contribution in [0, 0.1) is 11.8 Å². The van der Waals surface area contributed by atoms with Crippen molar-refractivity contribution in [1.29, 1.82) is 0 Å². The highest BCUT2D eigenvalue weighted by molar-refractivity contribution is 5.88. The van der Waals surface area contributed by atoms with Crippen LogP contribution in [-0.4, -0.2) is 11.6 Å². The van der Waals surface area contributed by atoms with E-state index in [0.717, 1.165) is 19.3 Å². The minimum Gasteiger partial charge on any atom is -0.300 e. The lowest BCUT2D eigenvalue weighted by molar-refractivity contribution is -0.131. The Morgan fingerprint density at radius 1 is 1.50 bits per heavy atom. The molecule has 2 nitrogen and oxygen atoms in total. The van der Waals surface area contributed by atoms with Crippen LogP contribution in [-0.2, 0) is 9.59 Å². The van der Waals surface area contributed by atoms with Crippen LogP contribution in [0.2, 0.25) is 0 Å². The first-order chi connectivity index (χ1) is 5.61. The fourth-order valence-electron chi connectivity index (χ4n) is 1.91. The van der Waals surface area contributed by atoms with Gasteiger partial charge in [0.15, 0.2) is 0 Å². The molecule has 0 aliphatic heterocycles. The highest BCUT2D eigenvalue weighted by Crippen LogP contribution is 2.27. The molecule has 1 fully saturated rings. The molecule has 0 unspecified atom stereocenters. The van der Waals surface area contributed by atoms with Crippen molar-refractivity contribution < 1.29 is 9.59 Å². The molecule has 2 heteroatoms. The first-order valence-corrected chi connectivity index (χ1v) is 4.64. The van der Waals surface area contributed by atoms with Crippen LogP contribution in [0.25, 0.3) is 0 Å². The van der Waals surface area contributed by atoms with Gasteiger partial charge >= 0.3 is 0 Å². The van der Waals surface area contributed by atoms with Crippen molar-refractivity contribution in [2.24, 2.45) is 11.8 Å². The summed E-state index contributed by atoms with van der Waals surface area (Å²) in [6.45, 7) is 3.53. The number of ketones is 2.